The van der Waals surface area contributed by atoms with Crippen LogP contribution in [0.5, 0.6) is 0 Å². The lowest BCUT2D eigenvalue weighted by Gasteiger charge is -2.41. The molecule has 13 atom stereocenters. The van der Waals surface area contributed by atoms with Gasteiger partial charge in [0.1, 0.15) is 60.4 Å². The van der Waals surface area contributed by atoms with Crippen molar-refractivity contribution in [2.24, 2.45) is 41.4 Å². The number of carbonyl (C=O) groups is 11. The van der Waals surface area contributed by atoms with Crippen molar-refractivity contribution in [2.45, 2.75) is 222 Å². The van der Waals surface area contributed by atoms with E-state index in [2.05, 4.69) is 21.3 Å². The summed E-state index contributed by atoms with van der Waals surface area (Å²) in [6.07, 6.45) is 1.10. The number of hydrogen-bond donors (Lipinski definition) is 6. The van der Waals surface area contributed by atoms with Crippen molar-refractivity contribution >= 4 is 65.0 Å². The van der Waals surface area contributed by atoms with Crippen LogP contribution in [0.25, 0.3) is 0 Å². The predicted octanol–water partition coefficient (Wildman–Crippen LogP) is 2.24. The molecule has 6 N–H and O–H groups in total. The lowest BCUT2D eigenvalue weighted by molar-refractivity contribution is -0.157. The summed E-state index contributed by atoms with van der Waals surface area (Å²) in [5.41, 5.74) is 0. The monoisotopic (exact) mass is 1220 g/mol. The molecule has 0 bridgehead atoms. The van der Waals surface area contributed by atoms with Crippen molar-refractivity contribution in [1.29, 1.82) is 0 Å². The Labute approximate surface area is 513 Å². The standard InChI is InChI=1S/C62H111N11O13/c1-25-26-27-39(14)52(76)51-56(80)66-49(42(17)74)60(84)67(18)32-47(75)68(19)43(28-33(2)3)55(79)65-48(37(10)11)61(85)69(20)44(29-34(4)5)54(78)63-40(15)53(77)64-41(16)57(81)70(21)45(30-35(6)7)58(82)71(22)46(31-36(8)9)59(83)72(23)50(38(12)13)62(86)73(51)24/h25-26,33-46,48-52,74,76H,27-32H2,1-24H3,(H,63,78)(H,64,77)(H,65,79)(H,66,80)/b26-25+/t39-,40+,41-,42-,43+,44-,45+,46+,48+,49-,50-,51+,52-/m1/s1. The van der Waals surface area contributed by atoms with Gasteiger partial charge in [-0.2, -0.15) is 0 Å². The highest BCUT2D eigenvalue weighted by molar-refractivity contribution is 5.99. The van der Waals surface area contributed by atoms with Gasteiger partial charge in [0.25, 0.3) is 0 Å². The van der Waals surface area contributed by atoms with Crippen LogP contribution in [0.2, 0.25) is 0 Å². The summed E-state index contributed by atoms with van der Waals surface area (Å²) >= 11 is 0. The largest absolute Gasteiger partial charge is 0.391 e. The third-order valence-corrected chi connectivity index (χ3v) is 16.1. The molecule has 0 unspecified atom stereocenters. The molecule has 0 aliphatic carbocycles. The second-order valence-corrected chi connectivity index (χ2v) is 26.4. The highest BCUT2D eigenvalue weighted by Crippen LogP contribution is 2.26. The molecule has 0 aromatic carbocycles. The summed E-state index contributed by atoms with van der Waals surface area (Å²) in [4.78, 5) is 168. The van der Waals surface area contributed by atoms with Crippen molar-refractivity contribution in [3.05, 3.63) is 12.2 Å². The molecule has 24 nitrogen and oxygen atoms in total. The SMILES string of the molecule is C/C=C/C[C@@H](C)[C@@H](O)[C@H]1C(=O)N[C@H]([C@@H](C)O)C(=O)N(C)CC(=O)N(C)[C@@H](CC(C)C)C(=O)N[C@@H](C(C)C)C(=O)N(C)[C@H](CC(C)C)C(=O)N[C@@H](C)C(=O)N[C@H](C)C(=O)N(C)[C@@H](CC(C)C)C(=O)N(C)[C@@H](CC(C)C)C(=O)N(C)[C@H](C(C)C)C(=O)N1C. The fourth-order valence-electron chi connectivity index (χ4n) is 10.7. The Morgan fingerprint density at radius 2 is 0.826 bits per heavy atom. The molecule has 1 heterocycles. The topological polar surface area (TPSA) is 299 Å². The number of nitrogens with one attached hydrogen (secondary N) is 4. The smallest absolute Gasteiger partial charge is 0.248 e. The molecule has 0 aromatic heterocycles. The Balaban J connectivity index is 4.37. The van der Waals surface area contributed by atoms with E-state index in [9.17, 15) is 53.4 Å². The van der Waals surface area contributed by atoms with Gasteiger partial charge in [-0.05, 0) is 101 Å². The van der Waals surface area contributed by atoms with E-state index in [4.69, 9.17) is 0 Å². The molecule has 1 aliphatic heterocycles. The molecular weight excluding hydrogens is 1110 g/mol. The number of rotatable bonds is 15. The van der Waals surface area contributed by atoms with Crippen LogP contribution in [0.3, 0.4) is 0 Å². The van der Waals surface area contributed by atoms with E-state index in [-0.39, 0.29) is 55.8 Å². The maximum atomic E-state index is 15.1. The van der Waals surface area contributed by atoms with Crippen LogP contribution in [-0.2, 0) is 52.7 Å². The van der Waals surface area contributed by atoms with Crippen molar-refractivity contribution < 1.29 is 63.0 Å². The van der Waals surface area contributed by atoms with E-state index in [0.29, 0.717) is 0 Å². The number of nitrogens with zero attached hydrogens (tertiary/aromatic N) is 7. The Bertz CT molecular complexity index is 2360. The maximum Gasteiger partial charge on any atom is 0.248 e. The van der Waals surface area contributed by atoms with Crippen molar-refractivity contribution in [2.75, 3.05) is 55.9 Å². The van der Waals surface area contributed by atoms with E-state index in [1.165, 1.54) is 89.7 Å². The molecular formula is C62H111N11O13. The average molecular weight is 1220 g/mol. The van der Waals surface area contributed by atoms with Crippen LogP contribution in [0.15, 0.2) is 12.2 Å². The molecule has 24 heteroatoms. The summed E-state index contributed by atoms with van der Waals surface area (Å²) in [6, 6.07) is -13.2. The summed E-state index contributed by atoms with van der Waals surface area (Å²) in [5.74, 6) is -10.7. The van der Waals surface area contributed by atoms with Crippen molar-refractivity contribution in [3.8, 4) is 0 Å². The molecule has 0 spiro atoms. The molecule has 0 radical (unpaired) electrons. The van der Waals surface area contributed by atoms with Gasteiger partial charge in [0, 0.05) is 49.3 Å². The average Bonchev–Trinajstić information content (AvgIpc) is 2.16. The maximum absolute atomic E-state index is 15.1. The first-order valence-corrected chi connectivity index (χ1v) is 30.6. The number of amides is 11. The summed E-state index contributed by atoms with van der Waals surface area (Å²) < 4.78 is 0. The first-order chi connectivity index (χ1) is 39.6. The number of likely N-dealkylation sites (N-methyl/N-ethyl adjacent to an activating group) is 7. The van der Waals surface area contributed by atoms with Crippen LogP contribution in [0.4, 0.5) is 0 Å². The zero-order valence-electron chi connectivity index (χ0n) is 56.4. The number of aliphatic hydroxyl groups is 2. The van der Waals surface area contributed by atoms with Crippen LogP contribution in [0, 0.1) is 41.4 Å². The molecule has 1 aliphatic rings. The molecule has 1 fully saturated rings. The second-order valence-electron chi connectivity index (χ2n) is 26.4. The Morgan fingerprint density at radius 3 is 1.27 bits per heavy atom. The van der Waals surface area contributed by atoms with Crippen molar-refractivity contribution in [1.82, 2.24) is 55.6 Å². The molecule has 1 rings (SSSR count). The Hall–Kier alpha value is -6.17. The predicted molar refractivity (Wildman–Crippen MR) is 330 cm³/mol. The third-order valence-electron chi connectivity index (χ3n) is 16.1. The molecule has 0 aromatic rings. The highest BCUT2D eigenvalue weighted by atomic mass is 16.3. The number of aliphatic hydroxyl groups excluding tert-OH is 2. The zero-order valence-corrected chi connectivity index (χ0v) is 56.4. The van der Waals surface area contributed by atoms with Gasteiger partial charge in [-0.1, -0.05) is 102 Å². The first-order valence-electron chi connectivity index (χ1n) is 30.6. The highest BCUT2D eigenvalue weighted by Gasteiger charge is 2.46. The summed E-state index contributed by atoms with van der Waals surface area (Å²) in [6.45, 7) is 28.5. The van der Waals surface area contributed by atoms with E-state index >= 15 is 9.59 Å². The van der Waals surface area contributed by atoms with E-state index in [1.54, 1.807) is 53.7 Å². The minimum atomic E-state index is -1.74. The van der Waals surface area contributed by atoms with E-state index < -0.39 is 162 Å². The number of allylic oxidation sites excluding steroid dienone is 2. The normalized spacial score (nSPS) is 27.1. The zero-order chi connectivity index (χ0) is 66.8. The van der Waals surface area contributed by atoms with Gasteiger partial charge in [0.05, 0.1) is 18.8 Å². The molecule has 492 valence electrons. The van der Waals surface area contributed by atoms with Gasteiger partial charge in [-0.25, -0.2) is 0 Å². The van der Waals surface area contributed by atoms with Gasteiger partial charge in [0.2, 0.25) is 65.0 Å². The van der Waals surface area contributed by atoms with Gasteiger partial charge in [-0.3, -0.25) is 52.7 Å². The number of carbonyl (C=O) groups excluding carboxylic acids is 11. The van der Waals surface area contributed by atoms with Crippen LogP contribution >= 0.6 is 0 Å². The lowest BCUT2D eigenvalue weighted by atomic mass is 9.91. The first kappa shape index (κ1) is 77.8. The molecule has 1 saturated heterocycles. The fraction of sp³-hybridized carbons (Fsp3) is 0.790. The van der Waals surface area contributed by atoms with Crippen LogP contribution in [0.1, 0.15) is 150 Å². The minimum Gasteiger partial charge on any atom is -0.391 e. The van der Waals surface area contributed by atoms with Gasteiger partial charge in [-0.15, -0.1) is 0 Å². The van der Waals surface area contributed by atoms with Crippen molar-refractivity contribution in [3.63, 3.8) is 0 Å². The second kappa shape index (κ2) is 35.0. The van der Waals surface area contributed by atoms with Gasteiger partial charge >= 0.3 is 0 Å². The van der Waals surface area contributed by atoms with Gasteiger partial charge < -0.3 is 65.8 Å². The lowest BCUT2D eigenvalue weighted by Crippen LogP contribution is -2.64. The minimum absolute atomic E-state index is 0.113. The molecule has 86 heavy (non-hydrogen) atoms. The van der Waals surface area contributed by atoms with Crippen LogP contribution in [-0.4, -0.2) is 238 Å². The summed E-state index contributed by atoms with van der Waals surface area (Å²) in [5, 5.41) is 34.0. The Kier molecular flexibility index (Phi) is 31.7. The molecule has 11 amide bonds. The molecule has 0 saturated carbocycles. The van der Waals surface area contributed by atoms with E-state index in [0.717, 1.165) is 14.7 Å². The van der Waals surface area contributed by atoms with Crippen LogP contribution < -0.4 is 21.3 Å². The Morgan fingerprint density at radius 1 is 0.430 bits per heavy atom. The fourth-order valence-corrected chi connectivity index (χ4v) is 10.7. The quantitative estimate of drug-likeness (QED) is 0.129. The van der Waals surface area contributed by atoms with Gasteiger partial charge in [0.15, 0.2) is 0 Å². The number of hydrogen-bond acceptors (Lipinski definition) is 13. The summed E-state index contributed by atoms with van der Waals surface area (Å²) in [7, 11) is 9.62. The van der Waals surface area contributed by atoms with E-state index in [1.807, 2.05) is 55.4 Å². The third kappa shape index (κ3) is 21.6.